The number of halogens is 3. The van der Waals surface area contributed by atoms with Crippen molar-refractivity contribution < 1.29 is 18.3 Å². The van der Waals surface area contributed by atoms with Gasteiger partial charge >= 0.3 is 6.18 Å². The predicted octanol–water partition coefficient (Wildman–Crippen LogP) is 1.12. The molecule has 20 heavy (non-hydrogen) atoms. The van der Waals surface area contributed by atoms with E-state index in [1.807, 2.05) is 6.92 Å². The largest absolute Gasteiger partial charge is 0.416 e. The maximum atomic E-state index is 12.3. The van der Waals surface area contributed by atoms with E-state index in [0.29, 0.717) is 17.7 Å². The second-order valence-corrected chi connectivity index (χ2v) is 3.97. The molecule has 4 N–H and O–H groups in total. The minimum Gasteiger partial charge on any atom is -0.382 e. The third-order valence-electron chi connectivity index (χ3n) is 2.46. The molecule has 0 aliphatic heterocycles. The van der Waals surface area contributed by atoms with Gasteiger partial charge in [-0.25, -0.2) is 4.98 Å². The summed E-state index contributed by atoms with van der Waals surface area (Å²) in [6.45, 7) is 1.68. The van der Waals surface area contributed by atoms with E-state index in [0.717, 1.165) is 0 Å². The molecule has 0 bridgehead atoms. The Morgan fingerprint density at radius 3 is 2.75 bits per heavy atom. The van der Waals surface area contributed by atoms with Crippen LogP contribution in [0.25, 0.3) is 11.2 Å². The molecule has 0 spiro atoms. The first-order chi connectivity index (χ1) is 9.41. The molecule has 110 valence electrons. The van der Waals surface area contributed by atoms with Crippen LogP contribution in [-0.4, -0.2) is 50.4 Å². The Kier molecular flexibility index (Phi) is 3.93. The van der Waals surface area contributed by atoms with Crippen LogP contribution in [0.15, 0.2) is 6.33 Å². The van der Waals surface area contributed by atoms with E-state index in [9.17, 15) is 13.2 Å². The summed E-state index contributed by atoms with van der Waals surface area (Å²) in [5, 5.41) is 14.3. The second kappa shape index (κ2) is 5.49. The number of imidazole rings is 1. The van der Waals surface area contributed by atoms with Gasteiger partial charge in [0.05, 0.1) is 12.9 Å². The molecule has 0 aromatic carbocycles. The predicted molar refractivity (Wildman–Crippen MR) is 66.4 cm³/mol. The van der Waals surface area contributed by atoms with Gasteiger partial charge in [-0.05, 0) is 6.92 Å². The summed E-state index contributed by atoms with van der Waals surface area (Å²) < 4.78 is 36.8. The van der Waals surface area contributed by atoms with Crippen molar-refractivity contribution in [2.75, 3.05) is 23.7 Å². The molecule has 0 saturated carbocycles. The van der Waals surface area contributed by atoms with E-state index in [2.05, 4.69) is 30.6 Å². The van der Waals surface area contributed by atoms with Crippen LogP contribution in [0.3, 0.4) is 0 Å². The zero-order valence-electron chi connectivity index (χ0n) is 10.5. The molecule has 0 saturated heterocycles. The van der Waals surface area contributed by atoms with Crippen molar-refractivity contribution in [2.24, 2.45) is 0 Å². The molecule has 0 aliphatic carbocycles. The summed E-state index contributed by atoms with van der Waals surface area (Å²) in [6.07, 6.45) is -5.80. The summed E-state index contributed by atoms with van der Waals surface area (Å²) in [4.78, 5) is 14.8. The van der Waals surface area contributed by atoms with E-state index in [-0.39, 0.29) is 11.8 Å². The minimum atomic E-state index is -4.68. The van der Waals surface area contributed by atoms with Crippen molar-refractivity contribution in [3.63, 3.8) is 0 Å². The number of anilines is 2. The number of nitrogens with one attached hydrogen (secondary N) is 3. The Bertz CT molecular complexity index is 584. The molecule has 7 nitrogen and oxygen atoms in total. The summed E-state index contributed by atoms with van der Waals surface area (Å²) in [6, 6.07) is 0. The molecule has 2 aromatic rings. The van der Waals surface area contributed by atoms with Crippen LogP contribution < -0.4 is 10.6 Å². The number of fused-ring (bicyclic) bond motifs is 1. The van der Waals surface area contributed by atoms with E-state index in [4.69, 9.17) is 5.11 Å². The maximum Gasteiger partial charge on any atom is 0.416 e. The molecular formula is C10H13F3N6O. The highest BCUT2D eigenvalue weighted by Gasteiger charge is 2.38. The first-order valence-corrected chi connectivity index (χ1v) is 5.85. The normalized spacial score (nSPS) is 13.4. The van der Waals surface area contributed by atoms with Crippen LogP contribution in [0.5, 0.6) is 0 Å². The molecule has 1 atom stereocenters. The lowest BCUT2D eigenvalue weighted by molar-refractivity contribution is -0.198. The topological polar surface area (TPSA) is 98.8 Å². The highest BCUT2D eigenvalue weighted by atomic mass is 19.4. The Morgan fingerprint density at radius 2 is 2.10 bits per heavy atom. The van der Waals surface area contributed by atoms with Crippen molar-refractivity contribution in [1.29, 1.82) is 0 Å². The fourth-order valence-corrected chi connectivity index (χ4v) is 1.51. The number of alkyl halides is 3. The van der Waals surface area contributed by atoms with Gasteiger partial charge in [0.1, 0.15) is 5.52 Å². The van der Waals surface area contributed by atoms with Gasteiger partial charge in [-0.1, -0.05) is 0 Å². The number of hydrogen-bond acceptors (Lipinski definition) is 6. The molecule has 1 unspecified atom stereocenters. The highest BCUT2D eigenvalue weighted by Crippen LogP contribution is 2.22. The van der Waals surface area contributed by atoms with Crippen LogP contribution in [0.1, 0.15) is 6.92 Å². The summed E-state index contributed by atoms with van der Waals surface area (Å²) in [7, 11) is 0. The van der Waals surface area contributed by atoms with Crippen LogP contribution in [0.4, 0.5) is 24.9 Å². The van der Waals surface area contributed by atoms with Crippen LogP contribution in [0.2, 0.25) is 0 Å². The monoisotopic (exact) mass is 290 g/mol. The van der Waals surface area contributed by atoms with Gasteiger partial charge in [0, 0.05) is 6.54 Å². The molecule has 2 rings (SSSR count). The molecule has 0 aliphatic rings. The van der Waals surface area contributed by atoms with E-state index >= 15 is 0 Å². The first kappa shape index (κ1) is 14.3. The number of hydrogen-bond donors (Lipinski definition) is 4. The quantitative estimate of drug-likeness (QED) is 0.658. The molecule has 0 radical (unpaired) electrons. The lowest BCUT2D eigenvalue weighted by Crippen LogP contribution is -2.35. The maximum absolute atomic E-state index is 12.3. The molecule has 0 fully saturated rings. The summed E-state index contributed by atoms with van der Waals surface area (Å²) in [5.74, 6) is 0.392. The van der Waals surface area contributed by atoms with Crippen LogP contribution in [-0.2, 0) is 0 Å². The van der Waals surface area contributed by atoms with E-state index in [1.165, 1.54) is 6.33 Å². The number of H-pyrrole nitrogens is 1. The second-order valence-electron chi connectivity index (χ2n) is 3.97. The third kappa shape index (κ3) is 3.07. The lowest BCUT2D eigenvalue weighted by Gasteiger charge is -2.15. The van der Waals surface area contributed by atoms with Crippen molar-refractivity contribution in [3.8, 4) is 0 Å². The van der Waals surface area contributed by atoms with Gasteiger partial charge in [0.15, 0.2) is 17.6 Å². The summed E-state index contributed by atoms with van der Waals surface area (Å²) in [5.41, 5.74) is 0.695. The lowest BCUT2D eigenvalue weighted by atomic mass is 10.3. The number of aromatic amines is 1. The first-order valence-electron chi connectivity index (χ1n) is 5.85. The molecule has 10 heteroatoms. The highest BCUT2D eigenvalue weighted by molar-refractivity contribution is 5.83. The van der Waals surface area contributed by atoms with Gasteiger partial charge in [-0.3, -0.25) is 0 Å². The standard InChI is InChI=1S/C10H13F3N6O/c1-2-14-9-18-7(6-8(19-9)17-4-16-6)15-3-5(20)10(11,12)13/h4-5,20H,2-3H2,1H3,(H3,14,15,16,17,18,19). The van der Waals surface area contributed by atoms with Crippen molar-refractivity contribution in [1.82, 2.24) is 19.9 Å². The van der Waals surface area contributed by atoms with Crippen LogP contribution in [0, 0.1) is 0 Å². The molecule has 2 heterocycles. The van der Waals surface area contributed by atoms with Gasteiger partial charge in [-0.15, -0.1) is 0 Å². The average molecular weight is 290 g/mol. The SMILES string of the molecule is CCNc1nc(NCC(O)C(F)(F)F)c2[nH]cnc2n1. The molecule has 0 amide bonds. The Morgan fingerprint density at radius 1 is 1.35 bits per heavy atom. The van der Waals surface area contributed by atoms with E-state index < -0.39 is 18.8 Å². The average Bonchev–Trinajstić information content (AvgIpc) is 2.83. The Labute approximate surface area is 111 Å². The zero-order valence-corrected chi connectivity index (χ0v) is 10.5. The fraction of sp³-hybridized carbons (Fsp3) is 0.500. The number of aromatic nitrogens is 4. The van der Waals surface area contributed by atoms with Gasteiger partial charge in [0.2, 0.25) is 5.95 Å². The Hall–Kier alpha value is -2.10. The van der Waals surface area contributed by atoms with Crippen molar-refractivity contribution in [3.05, 3.63) is 6.33 Å². The van der Waals surface area contributed by atoms with E-state index in [1.54, 1.807) is 0 Å². The fourth-order valence-electron chi connectivity index (χ4n) is 1.51. The van der Waals surface area contributed by atoms with Gasteiger partial charge in [0.25, 0.3) is 0 Å². The Balaban J connectivity index is 2.21. The number of aliphatic hydroxyl groups is 1. The third-order valence-corrected chi connectivity index (χ3v) is 2.46. The number of nitrogens with zero attached hydrogens (tertiary/aromatic N) is 3. The van der Waals surface area contributed by atoms with Gasteiger partial charge < -0.3 is 20.7 Å². The molecule has 2 aromatic heterocycles. The van der Waals surface area contributed by atoms with Gasteiger partial charge in [-0.2, -0.15) is 23.1 Å². The van der Waals surface area contributed by atoms with Crippen LogP contribution >= 0.6 is 0 Å². The minimum absolute atomic E-state index is 0.145. The number of rotatable bonds is 5. The smallest absolute Gasteiger partial charge is 0.382 e. The zero-order chi connectivity index (χ0) is 14.8. The molecular weight excluding hydrogens is 277 g/mol. The number of aliphatic hydroxyl groups excluding tert-OH is 1. The summed E-state index contributed by atoms with van der Waals surface area (Å²) >= 11 is 0. The van der Waals surface area contributed by atoms with Crippen molar-refractivity contribution in [2.45, 2.75) is 19.2 Å². The van der Waals surface area contributed by atoms with Crippen molar-refractivity contribution >= 4 is 22.9 Å².